The maximum absolute atomic E-state index is 9.24. The van der Waals surface area contributed by atoms with Gasteiger partial charge in [-0.25, -0.2) is 5.20 Å². The van der Waals surface area contributed by atoms with Crippen molar-refractivity contribution in [1.82, 2.24) is 5.20 Å². The summed E-state index contributed by atoms with van der Waals surface area (Å²) in [5, 5.41) is 1.05. The number of rotatable bonds is 1. The van der Waals surface area contributed by atoms with Crippen LogP contribution in [0.15, 0.2) is 0 Å². The molecule has 5 nitrogen and oxygen atoms in total. The minimum absolute atomic E-state index is 0. The summed E-state index contributed by atoms with van der Waals surface area (Å²) in [6.07, 6.45) is 0. The van der Waals surface area contributed by atoms with Crippen LogP contribution < -0.4 is 79.9 Å². The van der Waals surface area contributed by atoms with Crippen LogP contribution in [0.1, 0.15) is 0 Å². The van der Waals surface area contributed by atoms with Crippen LogP contribution in [0.5, 0.6) is 0 Å². The molecule has 0 aromatic carbocycles. The first-order chi connectivity index (χ1) is 2.56. The summed E-state index contributed by atoms with van der Waals surface area (Å²) in [6.45, 7) is 0. The molecule has 0 bridgehead atoms. The third-order valence-corrected chi connectivity index (χ3v) is 0.474. The molecule has 0 aliphatic carbocycles. The Morgan fingerprint density at radius 3 is 1.50 bits per heavy atom. The second-order valence-electron chi connectivity index (χ2n) is 0.627. The van der Waals surface area contributed by atoms with Gasteiger partial charge in [0.25, 0.3) is 0 Å². The van der Waals surface area contributed by atoms with E-state index in [0.717, 1.165) is 5.20 Å². The molecule has 8 heavy (non-hydrogen) atoms. The first kappa shape index (κ1) is 16.6. The Hall–Kier alpha value is 2.07. The van der Waals surface area contributed by atoms with Crippen LogP contribution in [0.25, 0.3) is 0 Å². The standard InChI is InChI=1S/H5N2O3P.2Na/c1-2-6(3,4)5;;/h1H2,(H3,2,3,4,5);;/q;2*+1/p-2. The Morgan fingerprint density at radius 2 is 1.50 bits per heavy atom. The molecule has 0 aromatic heterocycles. The number of nitrogens with one attached hydrogen (secondary N) is 1. The van der Waals surface area contributed by atoms with E-state index in [1.807, 2.05) is 0 Å². The topological polar surface area (TPSA) is 101 Å². The molecule has 8 heteroatoms. The van der Waals surface area contributed by atoms with Gasteiger partial charge < -0.3 is 14.4 Å². The van der Waals surface area contributed by atoms with Gasteiger partial charge >= 0.3 is 59.1 Å². The summed E-state index contributed by atoms with van der Waals surface area (Å²) >= 11 is 0. The molecule has 3 N–H and O–H groups in total. The van der Waals surface area contributed by atoms with E-state index in [2.05, 4.69) is 5.84 Å². The average molecular weight is 156 g/mol. The predicted molar refractivity (Wildman–Crippen MR) is 14.9 cm³/mol. The maximum Gasteiger partial charge on any atom is 1.00 e. The molecule has 0 aliphatic rings. The quantitative estimate of drug-likeness (QED) is 0.170. The molecule has 0 spiro atoms. The van der Waals surface area contributed by atoms with Crippen LogP contribution in [0.2, 0.25) is 0 Å². The van der Waals surface area contributed by atoms with Gasteiger partial charge in [0.2, 0.25) is 0 Å². The molecular weight excluding hydrogens is 153 g/mol. The zero-order chi connectivity index (χ0) is 5.21. The second kappa shape index (κ2) is 7.18. The Kier molecular flexibility index (Phi) is 14.9. The van der Waals surface area contributed by atoms with E-state index in [1.54, 1.807) is 0 Å². The van der Waals surface area contributed by atoms with Gasteiger partial charge in [-0.15, -0.1) is 0 Å². The summed E-state index contributed by atoms with van der Waals surface area (Å²) < 4.78 is 9.24. The minimum atomic E-state index is -4.62. The first-order valence-corrected chi connectivity index (χ1v) is 2.60. The van der Waals surface area contributed by atoms with Gasteiger partial charge in [0.15, 0.2) is 0 Å². The molecule has 0 atom stereocenters. The van der Waals surface area contributed by atoms with Crippen LogP contribution in [-0.4, -0.2) is 0 Å². The van der Waals surface area contributed by atoms with Crippen molar-refractivity contribution < 1.29 is 73.5 Å². The molecule has 38 valence electrons. The molecule has 0 unspecified atom stereocenters. The van der Waals surface area contributed by atoms with E-state index in [-0.39, 0.29) is 59.1 Å². The summed E-state index contributed by atoms with van der Waals surface area (Å²) in [7, 11) is -4.62. The summed E-state index contributed by atoms with van der Waals surface area (Å²) in [4.78, 5) is 18.5. The van der Waals surface area contributed by atoms with Gasteiger partial charge in [-0.3, -0.25) is 5.84 Å². The van der Waals surface area contributed by atoms with Crippen LogP contribution in [0.3, 0.4) is 0 Å². The summed E-state index contributed by atoms with van der Waals surface area (Å²) in [5.41, 5.74) is 0. The smallest absolute Gasteiger partial charge is 0.799 e. The fraction of sp³-hybridized carbons (Fsp3) is 0. The van der Waals surface area contributed by atoms with Gasteiger partial charge in [0.1, 0.15) is 0 Å². The van der Waals surface area contributed by atoms with Gasteiger partial charge in [0, 0.05) is 7.75 Å². The van der Waals surface area contributed by atoms with Crippen LogP contribution in [-0.2, 0) is 4.57 Å². The molecule has 0 saturated carbocycles. The third kappa shape index (κ3) is 15.7. The van der Waals surface area contributed by atoms with Crippen molar-refractivity contribution in [2.45, 2.75) is 0 Å². The Morgan fingerprint density at radius 1 is 1.38 bits per heavy atom. The van der Waals surface area contributed by atoms with Gasteiger partial charge in [0.05, 0.1) is 0 Å². The first-order valence-electron chi connectivity index (χ1n) is 1.06. The molecular formula is H3N2Na2O3P. The van der Waals surface area contributed by atoms with E-state index in [1.165, 1.54) is 0 Å². The third-order valence-electron chi connectivity index (χ3n) is 0.158. The normalized spacial score (nSPS) is 8.88. The van der Waals surface area contributed by atoms with Crippen molar-refractivity contribution in [3.05, 3.63) is 0 Å². The van der Waals surface area contributed by atoms with E-state index in [4.69, 9.17) is 0 Å². The molecule has 0 amide bonds. The number of nitrogens with two attached hydrogens (primary N) is 1. The zero-order valence-corrected chi connectivity index (χ0v) is 9.64. The largest absolute Gasteiger partial charge is 1.00 e. The van der Waals surface area contributed by atoms with Gasteiger partial charge in [-0.2, -0.15) is 0 Å². The predicted octanol–water partition coefficient (Wildman–Crippen LogP) is -8.71. The van der Waals surface area contributed by atoms with E-state index in [0.29, 0.717) is 0 Å². The van der Waals surface area contributed by atoms with Crippen molar-refractivity contribution in [3.8, 4) is 0 Å². The molecule has 0 aliphatic heterocycles. The van der Waals surface area contributed by atoms with Crippen molar-refractivity contribution in [2.24, 2.45) is 5.84 Å². The van der Waals surface area contributed by atoms with Gasteiger partial charge in [-0.05, 0) is 0 Å². The van der Waals surface area contributed by atoms with E-state index in [9.17, 15) is 14.4 Å². The number of hydrazine groups is 1. The fourth-order valence-electron chi connectivity index (χ4n) is 0. The van der Waals surface area contributed by atoms with Crippen LogP contribution >= 0.6 is 7.75 Å². The van der Waals surface area contributed by atoms with Crippen LogP contribution in [0.4, 0.5) is 0 Å². The molecule has 0 rings (SSSR count). The average Bonchev–Trinajstić information content (AvgIpc) is 1.35. The second-order valence-corrected chi connectivity index (χ2v) is 1.88. The van der Waals surface area contributed by atoms with Crippen molar-refractivity contribution >= 4 is 7.75 Å². The van der Waals surface area contributed by atoms with Crippen molar-refractivity contribution in [1.29, 1.82) is 0 Å². The summed E-state index contributed by atoms with van der Waals surface area (Å²) in [6, 6.07) is 0. The molecule has 0 aromatic rings. The molecule has 0 heterocycles. The Balaban J connectivity index is -0.000000125. The van der Waals surface area contributed by atoms with E-state index < -0.39 is 7.75 Å². The summed E-state index contributed by atoms with van der Waals surface area (Å²) in [5.74, 6) is 4.17. The molecule has 0 saturated heterocycles. The van der Waals surface area contributed by atoms with Crippen molar-refractivity contribution in [2.75, 3.05) is 0 Å². The number of hydrogen-bond acceptors (Lipinski definition) is 4. The Bertz CT molecular complexity index is 79.4. The Labute approximate surface area is 91.2 Å². The SMILES string of the molecule is NNP(=O)([O-])[O-].[Na+].[Na+]. The fourth-order valence-corrected chi connectivity index (χ4v) is 0. The minimum Gasteiger partial charge on any atom is -0.799 e. The van der Waals surface area contributed by atoms with Gasteiger partial charge in [-0.1, -0.05) is 0 Å². The van der Waals surface area contributed by atoms with Crippen molar-refractivity contribution in [3.63, 3.8) is 0 Å². The zero-order valence-electron chi connectivity index (χ0n) is 4.75. The maximum atomic E-state index is 9.24. The molecule has 0 fully saturated rings. The van der Waals surface area contributed by atoms with Crippen LogP contribution in [0, 0.1) is 0 Å². The monoisotopic (exact) mass is 156 g/mol. The van der Waals surface area contributed by atoms with E-state index >= 15 is 0 Å². The number of hydrogen-bond donors (Lipinski definition) is 2. The molecule has 0 radical (unpaired) electrons.